The number of ether oxygens (including phenoxy) is 1. The molecule has 0 bridgehead atoms. The van der Waals surface area contributed by atoms with Crippen LogP contribution in [0.25, 0.3) is 0 Å². The van der Waals surface area contributed by atoms with Gasteiger partial charge in [-0.15, -0.1) is 0 Å². The van der Waals surface area contributed by atoms with Crippen molar-refractivity contribution in [2.24, 2.45) is 0 Å². The van der Waals surface area contributed by atoms with E-state index >= 15 is 0 Å². The molecule has 1 aliphatic heterocycles. The van der Waals surface area contributed by atoms with E-state index in [1.54, 1.807) is 7.11 Å². The van der Waals surface area contributed by atoms with Crippen molar-refractivity contribution in [3.63, 3.8) is 0 Å². The lowest BCUT2D eigenvalue weighted by atomic mass is 10.0. The van der Waals surface area contributed by atoms with Crippen molar-refractivity contribution in [1.82, 2.24) is 5.32 Å². The van der Waals surface area contributed by atoms with Gasteiger partial charge < -0.3 is 15.0 Å². The van der Waals surface area contributed by atoms with Gasteiger partial charge in [-0.05, 0) is 45.4 Å². The molecule has 4 nitrogen and oxygen atoms in total. The van der Waals surface area contributed by atoms with E-state index < -0.39 is 5.54 Å². The first-order chi connectivity index (χ1) is 9.06. The Morgan fingerprint density at radius 3 is 2.74 bits per heavy atom. The van der Waals surface area contributed by atoms with Crippen LogP contribution in [0.5, 0.6) is 5.75 Å². The molecule has 1 saturated heterocycles. The van der Waals surface area contributed by atoms with E-state index in [1.807, 2.05) is 43.0 Å². The van der Waals surface area contributed by atoms with Gasteiger partial charge in [0.2, 0.25) is 5.91 Å². The number of methoxy groups -OCH3 is 1. The van der Waals surface area contributed by atoms with Crippen LogP contribution in [-0.4, -0.2) is 31.6 Å². The van der Waals surface area contributed by atoms with Crippen LogP contribution in [0.15, 0.2) is 24.3 Å². The molecule has 0 radical (unpaired) electrons. The molecule has 1 N–H and O–H groups in total. The van der Waals surface area contributed by atoms with Gasteiger partial charge in [-0.2, -0.15) is 0 Å². The number of nitrogens with zero attached hydrogens (tertiary/aromatic N) is 1. The highest BCUT2D eigenvalue weighted by atomic mass is 16.5. The lowest BCUT2D eigenvalue weighted by molar-refractivity contribution is -0.124. The number of hydrogen-bond donors (Lipinski definition) is 1. The molecule has 0 aromatic heterocycles. The van der Waals surface area contributed by atoms with E-state index in [0.29, 0.717) is 0 Å². The summed E-state index contributed by atoms with van der Waals surface area (Å²) in [5.74, 6) is 0.837. The van der Waals surface area contributed by atoms with E-state index in [1.165, 1.54) is 0 Å². The SMILES string of the molecule is COc1ccccc1N1CCCCNC(C)(C)C1=O. The molecule has 104 valence electrons. The molecule has 19 heavy (non-hydrogen) atoms. The fourth-order valence-corrected chi connectivity index (χ4v) is 2.39. The molecule has 1 aromatic carbocycles. The summed E-state index contributed by atoms with van der Waals surface area (Å²) >= 11 is 0. The van der Waals surface area contributed by atoms with E-state index in [0.717, 1.165) is 37.4 Å². The fraction of sp³-hybridized carbons (Fsp3) is 0.533. The Hall–Kier alpha value is -1.55. The van der Waals surface area contributed by atoms with Gasteiger partial charge in [-0.25, -0.2) is 0 Å². The highest BCUT2D eigenvalue weighted by molar-refractivity contribution is 6.00. The van der Waals surface area contributed by atoms with E-state index in [4.69, 9.17) is 4.74 Å². The van der Waals surface area contributed by atoms with Crippen LogP contribution in [-0.2, 0) is 4.79 Å². The number of nitrogens with one attached hydrogen (secondary N) is 1. The van der Waals surface area contributed by atoms with Gasteiger partial charge in [0, 0.05) is 6.54 Å². The van der Waals surface area contributed by atoms with Gasteiger partial charge in [0.05, 0.1) is 18.3 Å². The molecule has 1 amide bonds. The minimum absolute atomic E-state index is 0.0942. The number of anilines is 1. The maximum Gasteiger partial charge on any atom is 0.246 e. The highest BCUT2D eigenvalue weighted by Crippen LogP contribution is 2.30. The molecule has 0 unspecified atom stereocenters. The normalized spacial score (nSPS) is 19.7. The van der Waals surface area contributed by atoms with Crippen molar-refractivity contribution in [2.45, 2.75) is 32.2 Å². The Labute approximate surface area is 114 Å². The number of para-hydroxylation sites is 2. The summed E-state index contributed by atoms with van der Waals surface area (Å²) in [6, 6.07) is 7.68. The van der Waals surface area contributed by atoms with Crippen molar-refractivity contribution in [3.8, 4) is 5.75 Å². The average molecular weight is 262 g/mol. The number of carbonyl (C=O) groups is 1. The predicted octanol–water partition coefficient (Wildman–Crippen LogP) is 2.19. The Bertz CT molecular complexity index is 457. The van der Waals surface area contributed by atoms with Crippen LogP contribution in [0, 0.1) is 0 Å². The Balaban J connectivity index is 2.36. The summed E-state index contributed by atoms with van der Waals surface area (Å²) in [6.45, 7) is 5.50. The second kappa shape index (κ2) is 5.61. The molecular weight excluding hydrogens is 240 g/mol. The molecule has 0 aliphatic carbocycles. The smallest absolute Gasteiger partial charge is 0.246 e. The highest BCUT2D eigenvalue weighted by Gasteiger charge is 2.34. The third kappa shape index (κ3) is 2.89. The topological polar surface area (TPSA) is 41.6 Å². The van der Waals surface area contributed by atoms with Crippen molar-refractivity contribution in [2.75, 3.05) is 25.1 Å². The van der Waals surface area contributed by atoms with Crippen LogP contribution in [0.3, 0.4) is 0 Å². The summed E-state index contributed by atoms with van der Waals surface area (Å²) in [4.78, 5) is 14.5. The zero-order valence-electron chi connectivity index (χ0n) is 11.9. The van der Waals surface area contributed by atoms with Crippen molar-refractivity contribution < 1.29 is 9.53 Å². The average Bonchev–Trinajstić information content (AvgIpc) is 2.41. The van der Waals surface area contributed by atoms with Crippen LogP contribution >= 0.6 is 0 Å². The predicted molar refractivity (Wildman–Crippen MR) is 76.7 cm³/mol. The monoisotopic (exact) mass is 262 g/mol. The maximum atomic E-state index is 12.7. The minimum Gasteiger partial charge on any atom is -0.495 e. The second-order valence-corrected chi connectivity index (χ2v) is 5.39. The van der Waals surface area contributed by atoms with Crippen LogP contribution in [0.4, 0.5) is 5.69 Å². The maximum absolute atomic E-state index is 12.7. The zero-order chi connectivity index (χ0) is 13.9. The third-order valence-electron chi connectivity index (χ3n) is 3.53. The van der Waals surface area contributed by atoms with Gasteiger partial charge in [0.15, 0.2) is 0 Å². The summed E-state index contributed by atoms with van der Waals surface area (Å²) in [7, 11) is 1.64. The summed E-state index contributed by atoms with van der Waals surface area (Å²) in [6.07, 6.45) is 2.06. The third-order valence-corrected chi connectivity index (χ3v) is 3.53. The van der Waals surface area contributed by atoms with E-state index in [9.17, 15) is 4.79 Å². The summed E-state index contributed by atoms with van der Waals surface area (Å²) < 4.78 is 5.37. The lowest BCUT2D eigenvalue weighted by Crippen LogP contribution is -2.56. The first kappa shape index (κ1) is 13.9. The largest absolute Gasteiger partial charge is 0.495 e. The molecule has 1 heterocycles. The van der Waals surface area contributed by atoms with Crippen LogP contribution < -0.4 is 15.0 Å². The van der Waals surface area contributed by atoms with Gasteiger partial charge >= 0.3 is 0 Å². The quantitative estimate of drug-likeness (QED) is 0.888. The molecule has 0 saturated carbocycles. The lowest BCUT2D eigenvalue weighted by Gasteiger charge is -2.35. The number of hydrogen-bond acceptors (Lipinski definition) is 3. The molecule has 4 heteroatoms. The first-order valence-electron chi connectivity index (χ1n) is 6.76. The van der Waals surface area contributed by atoms with E-state index in [-0.39, 0.29) is 5.91 Å². The molecule has 0 atom stereocenters. The molecule has 1 aliphatic rings. The molecule has 0 spiro atoms. The van der Waals surface area contributed by atoms with E-state index in [2.05, 4.69) is 5.32 Å². The van der Waals surface area contributed by atoms with Crippen molar-refractivity contribution in [1.29, 1.82) is 0 Å². The van der Waals surface area contributed by atoms with Gasteiger partial charge in [0.25, 0.3) is 0 Å². The van der Waals surface area contributed by atoms with Crippen molar-refractivity contribution in [3.05, 3.63) is 24.3 Å². The Morgan fingerprint density at radius 1 is 1.26 bits per heavy atom. The molecule has 1 fully saturated rings. The molecule has 2 rings (SSSR count). The number of carbonyl (C=O) groups excluding carboxylic acids is 1. The van der Waals surface area contributed by atoms with Crippen molar-refractivity contribution >= 4 is 11.6 Å². The number of rotatable bonds is 2. The second-order valence-electron chi connectivity index (χ2n) is 5.39. The van der Waals surface area contributed by atoms with Crippen LogP contribution in [0.2, 0.25) is 0 Å². The van der Waals surface area contributed by atoms with Gasteiger partial charge in [-0.3, -0.25) is 4.79 Å². The fourth-order valence-electron chi connectivity index (χ4n) is 2.39. The standard InChI is InChI=1S/C15H22N2O2/c1-15(2)14(18)17(11-7-6-10-16-15)12-8-4-5-9-13(12)19-3/h4-5,8-9,16H,6-7,10-11H2,1-3H3. The molecular formula is C15H22N2O2. The summed E-state index contributed by atoms with van der Waals surface area (Å²) in [5.41, 5.74) is 0.313. The Morgan fingerprint density at radius 2 is 2.00 bits per heavy atom. The Kier molecular flexibility index (Phi) is 4.10. The summed E-state index contributed by atoms with van der Waals surface area (Å²) in [5, 5.41) is 3.32. The van der Waals surface area contributed by atoms with Gasteiger partial charge in [-0.1, -0.05) is 12.1 Å². The first-order valence-corrected chi connectivity index (χ1v) is 6.76. The van der Waals surface area contributed by atoms with Gasteiger partial charge in [0.1, 0.15) is 5.75 Å². The number of benzene rings is 1. The molecule has 1 aromatic rings. The van der Waals surface area contributed by atoms with Crippen LogP contribution in [0.1, 0.15) is 26.7 Å². The zero-order valence-corrected chi connectivity index (χ0v) is 11.9. The number of amides is 1. The minimum atomic E-state index is -0.540.